The summed E-state index contributed by atoms with van der Waals surface area (Å²) in [6, 6.07) is 16.0. The van der Waals surface area contributed by atoms with Crippen molar-refractivity contribution < 1.29 is 4.79 Å². The number of aromatic nitrogens is 2. The van der Waals surface area contributed by atoms with Crippen LogP contribution in [-0.2, 0) is 11.2 Å². The average Bonchev–Trinajstić information content (AvgIpc) is 2.76. The van der Waals surface area contributed by atoms with Crippen LogP contribution in [0.5, 0.6) is 0 Å². The van der Waals surface area contributed by atoms with E-state index in [0.717, 1.165) is 48.0 Å². The third kappa shape index (κ3) is 5.44. The van der Waals surface area contributed by atoms with Gasteiger partial charge in [0.25, 0.3) is 0 Å². The third-order valence-electron chi connectivity index (χ3n) is 5.71. The minimum Gasteiger partial charge on any atom is -0.362 e. The van der Waals surface area contributed by atoms with Crippen LogP contribution in [-0.4, -0.2) is 42.1 Å². The van der Waals surface area contributed by atoms with Gasteiger partial charge in [-0.15, -0.1) is 0 Å². The predicted molar refractivity (Wildman–Crippen MR) is 127 cm³/mol. The summed E-state index contributed by atoms with van der Waals surface area (Å²) in [6.45, 7) is 0. The lowest BCUT2D eigenvalue weighted by Gasteiger charge is -2.30. The first kappa shape index (κ1) is 21.4. The number of hydrogen-bond donors (Lipinski definition) is 2. The number of halogens is 1. The van der Waals surface area contributed by atoms with E-state index in [-0.39, 0.29) is 11.9 Å². The quantitative estimate of drug-likeness (QED) is 0.597. The van der Waals surface area contributed by atoms with Gasteiger partial charge in [0.15, 0.2) is 0 Å². The molecule has 6 nitrogen and oxygen atoms in total. The maximum Gasteiger partial charge on any atom is 0.225 e. The summed E-state index contributed by atoms with van der Waals surface area (Å²) in [7, 11) is 3.99. The number of nitrogens with one attached hydrogen (secondary N) is 2. The molecule has 2 N–H and O–H groups in total. The maximum atomic E-state index is 12.4. The molecular weight excluding hydrogens is 410 g/mol. The molecule has 1 aliphatic rings. The van der Waals surface area contributed by atoms with E-state index in [4.69, 9.17) is 21.6 Å². The van der Waals surface area contributed by atoms with Crippen molar-refractivity contribution in [3.05, 3.63) is 59.1 Å². The van der Waals surface area contributed by atoms with Crippen molar-refractivity contribution in [3.63, 3.8) is 0 Å². The number of benzene rings is 2. The lowest BCUT2D eigenvalue weighted by molar-refractivity contribution is -0.121. The number of carbonyl (C=O) groups excluding carboxylic acids is 1. The Hall–Kier alpha value is -2.86. The van der Waals surface area contributed by atoms with E-state index in [1.165, 1.54) is 0 Å². The second-order valence-corrected chi connectivity index (χ2v) is 8.78. The summed E-state index contributed by atoms with van der Waals surface area (Å²) in [5.74, 6) is 1.64. The van der Waals surface area contributed by atoms with Crippen LogP contribution < -0.4 is 15.5 Å². The first-order chi connectivity index (χ1) is 15.0. The molecule has 1 aromatic heterocycles. The van der Waals surface area contributed by atoms with Crippen LogP contribution >= 0.6 is 11.6 Å². The van der Waals surface area contributed by atoms with Gasteiger partial charge in [0.05, 0.1) is 11.9 Å². The van der Waals surface area contributed by atoms with Gasteiger partial charge in [-0.1, -0.05) is 35.9 Å². The second-order valence-electron chi connectivity index (χ2n) is 8.35. The van der Waals surface area contributed by atoms with Gasteiger partial charge in [-0.05, 0) is 55.5 Å². The molecule has 0 atom stereocenters. The SMILES string of the molecule is CN(C)c1nc(N[C@H]2CC[C@@H](NC(=O)Cc3ccc(Cl)cc3)CC2)nc2ccccc12. The molecule has 0 radical (unpaired) electrons. The van der Waals surface area contributed by atoms with E-state index in [2.05, 4.69) is 10.6 Å². The van der Waals surface area contributed by atoms with Crippen molar-refractivity contribution >= 4 is 40.2 Å². The van der Waals surface area contributed by atoms with Gasteiger partial charge in [0.1, 0.15) is 5.82 Å². The lowest BCUT2D eigenvalue weighted by atomic mass is 9.91. The molecule has 2 aromatic carbocycles. The molecule has 0 saturated heterocycles. The Morgan fingerprint density at radius 3 is 2.39 bits per heavy atom. The van der Waals surface area contributed by atoms with Crippen LogP contribution in [0, 0.1) is 0 Å². The fraction of sp³-hybridized carbons (Fsp3) is 0.375. The third-order valence-corrected chi connectivity index (χ3v) is 5.96. The van der Waals surface area contributed by atoms with Crippen LogP contribution in [0.4, 0.5) is 11.8 Å². The number of hydrogen-bond acceptors (Lipinski definition) is 5. The Kier molecular flexibility index (Phi) is 6.56. The zero-order chi connectivity index (χ0) is 21.8. The van der Waals surface area contributed by atoms with Crippen molar-refractivity contribution in [3.8, 4) is 0 Å². The molecule has 31 heavy (non-hydrogen) atoms. The van der Waals surface area contributed by atoms with Crippen LogP contribution in [0.2, 0.25) is 5.02 Å². The monoisotopic (exact) mass is 437 g/mol. The smallest absolute Gasteiger partial charge is 0.225 e. The first-order valence-corrected chi connectivity index (χ1v) is 11.1. The summed E-state index contributed by atoms with van der Waals surface area (Å²) in [6.07, 6.45) is 4.21. The van der Waals surface area contributed by atoms with Gasteiger partial charge in [-0.2, -0.15) is 4.98 Å². The predicted octanol–water partition coefficient (Wildman–Crippen LogP) is 4.43. The molecule has 0 spiro atoms. The highest BCUT2D eigenvalue weighted by Crippen LogP contribution is 2.26. The normalized spacial score (nSPS) is 18.5. The molecule has 0 bridgehead atoms. The van der Waals surface area contributed by atoms with Gasteiger partial charge in [-0.3, -0.25) is 4.79 Å². The van der Waals surface area contributed by atoms with Crippen molar-refractivity contribution in [2.24, 2.45) is 0 Å². The molecule has 1 aliphatic carbocycles. The highest BCUT2D eigenvalue weighted by molar-refractivity contribution is 6.30. The van der Waals surface area contributed by atoms with Gasteiger partial charge in [-0.25, -0.2) is 4.98 Å². The van der Waals surface area contributed by atoms with Crippen LogP contribution in [0.3, 0.4) is 0 Å². The first-order valence-electron chi connectivity index (χ1n) is 10.7. The topological polar surface area (TPSA) is 70.2 Å². The number of carbonyl (C=O) groups is 1. The van der Waals surface area contributed by atoms with Gasteiger partial charge < -0.3 is 15.5 Å². The Morgan fingerprint density at radius 2 is 1.68 bits per heavy atom. The highest BCUT2D eigenvalue weighted by Gasteiger charge is 2.23. The lowest BCUT2D eigenvalue weighted by Crippen LogP contribution is -2.40. The molecule has 1 saturated carbocycles. The largest absolute Gasteiger partial charge is 0.362 e. The Labute approximate surface area is 188 Å². The zero-order valence-corrected chi connectivity index (χ0v) is 18.7. The number of para-hydroxylation sites is 1. The van der Waals surface area contributed by atoms with E-state index in [0.29, 0.717) is 23.4 Å². The molecule has 4 rings (SSSR count). The fourth-order valence-electron chi connectivity index (χ4n) is 4.10. The van der Waals surface area contributed by atoms with Crippen LogP contribution in [0.25, 0.3) is 10.9 Å². The number of rotatable bonds is 6. The zero-order valence-electron chi connectivity index (χ0n) is 17.9. The van der Waals surface area contributed by atoms with Crippen LogP contribution in [0.15, 0.2) is 48.5 Å². The van der Waals surface area contributed by atoms with Gasteiger partial charge in [0.2, 0.25) is 11.9 Å². The van der Waals surface area contributed by atoms with E-state index >= 15 is 0 Å². The molecule has 162 valence electrons. The summed E-state index contributed by atoms with van der Waals surface area (Å²) in [5, 5.41) is 8.42. The van der Waals surface area contributed by atoms with E-state index < -0.39 is 0 Å². The number of amides is 1. The number of nitrogens with zero attached hydrogens (tertiary/aromatic N) is 3. The molecule has 7 heteroatoms. The van der Waals surface area contributed by atoms with Crippen molar-refractivity contribution in [1.29, 1.82) is 0 Å². The number of fused-ring (bicyclic) bond motifs is 1. The Bertz CT molecular complexity index is 1050. The Balaban J connectivity index is 1.32. The van der Waals surface area contributed by atoms with Crippen molar-refractivity contribution in [1.82, 2.24) is 15.3 Å². The van der Waals surface area contributed by atoms with E-state index in [1.807, 2.05) is 67.5 Å². The number of anilines is 2. The molecular formula is C24H28ClN5O. The van der Waals surface area contributed by atoms with Gasteiger partial charge >= 0.3 is 0 Å². The molecule has 1 heterocycles. The summed E-state index contributed by atoms with van der Waals surface area (Å²) >= 11 is 5.91. The second kappa shape index (κ2) is 9.52. The Morgan fingerprint density at radius 1 is 1.00 bits per heavy atom. The van der Waals surface area contributed by atoms with E-state index in [1.54, 1.807) is 0 Å². The van der Waals surface area contributed by atoms with E-state index in [9.17, 15) is 4.79 Å². The van der Waals surface area contributed by atoms with Gasteiger partial charge in [0, 0.05) is 36.6 Å². The standard InChI is InChI=1S/C24H28ClN5O/c1-30(2)23-20-5-3-4-6-21(20)28-24(29-23)27-19-13-11-18(12-14-19)26-22(31)15-16-7-9-17(25)10-8-16/h3-10,18-19H,11-15H2,1-2H3,(H,26,31)(H,27,28,29)/t18-,19+. The minimum absolute atomic E-state index is 0.0622. The highest BCUT2D eigenvalue weighted by atomic mass is 35.5. The fourth-order valence-corrected chi connectivity index (χ4v) is 4.22. The molecule has 0 unspecified atom stereocenters. The van der Waals surface area contributed by atoms with Crippen molar-refractivity contribution in [2.45, 2.75) is 44.2 Å². The molecule has 0 aliphatic heterocycles. The minimum atomic E-state index is 0.0622. The summed E-state index contributed by atoms with van der Waals surface area (Å²) in [4.78, 5) is 23.8. The maximum absolute atomic E-state index is 12.4. The molecule has 1 fully saturated rings. The van der Waals surface area contributed by atoms with Crippen LogP contribution in [0.1, 0.15) is 31.2 Å². The average molecular weight is 438 g/mol. The summed E-state index contributed by atoms with van der Waals surface area (Å²) < 4.78 is 0. The molecule has 1 amide bonds. The van der Waals surface area contributed by atoms with Crippen molar-refractivity contribution in [2.75, 3.05) is 24.3 Å². The summed E-state index contributed by atoms with van der Waals surface area (Å²) in [5.41, 5.74) is 1.91. The molecule has 3 aromatic rings.